The first-order chi connectivity index (χ1) is 14.2. The summed E-state index contributed by atoms with van der Waals surface area (Å²) in [7, 11) is 1.42. The van der Waals surface area contributed by atoms with Gasteiger partial charge in [0.05, 0.1) is 19.2 Å². The molecule has 0 spiro atoms. The van der Waals surface area contributed by atoms with E-state index in [4.69, 9.17) is 9.47 Å². The Morgan fingerprint density at radius 1 is 1.24 bits per heavy atom. The predicted octanol–water partition coefficient (Wildman–Crippen LogP) is 5.71. The number of methoxy groups -OCH3 is 1. The maximum atomic E-state index is 12.0. The maximum absolute atomic E-state index is 12.0. The first-order valence-corrected chi connectivity index (χ1v) is 10.9. The van der Waals surface area contributed by atoms with Crippen LogP contribution in [0.2, 0.25) is 0 Å². The Kier molecular flexibility index (Phi) is 6.19. The van der Waals surface area contributed by atoms with E-state index < -0.39 is 0 Å². The molecule has 0 atom stereocenters. The summed E-state index contributed by atoms with van der Waals surface area (Å²) in [5, 5.41) is 1.23. The minimum atomic E-state index is -0.311. The minimum absolute atomic E-state index is 0.311. The number of fused-ring (bicyclic) bond motifs is 1. The van der Waals surface area contributed by atoms with Gasteiger partial charge in [0.2, 0.25) is 0 Å². The highest BCUT2D eigenvalue weighted by atomic mass is 79.9. The van der Waals surface area contributed by atoms with Gasteiger partial charge >= 0.3 is 5.97 Å². The Labute approximate surface area is 179 Å². The molecule has 6 heteroatoms. The van der Waals surface area contributed by atoms with Crippen LogP contribution in [-0.2, 0) is 11.3 Å². The van der Waals surface area contributed by atoms with Crippen LogP contribution in [0.1, 0.15) is 53.9 Å². The smallest absolute Gasteiger partial charge is 0.337 e. The third-order valence-electron chi connectivity index (χ3n) is 5.69. The quantitative estimate of drug-likeness (QED) is 0.351. The Morgan fingerprint density at radius 3 is 2.83 bits per heavy atom. The summed E-state index contributed by atoms with van der Waals surface area (Å²) in [6.45, 7) is 1.20. The summed E-state index contributed by atoms with van der Waals surface area (Å²) in [6.07, 6.45) is 10.3. The van der Waals surface area contributed by atoms with Crippen LogP contribution in [0.15, 0.2) is 47.3 Å². The van der Waals surface area contributed by atoms with Crippen molar-refractivity contribution in [2.75, 3.05) is 13.7 Å². The maximum Gasteiger partial charge on any atom is 0.337 e. The topological polar surface area (TPSA) is 53.4 Å². The van der Waals surface area contributed by atoms with Crippen LogP contribution in [0.5, 0.6) is 5.75 Å². The normalized spacial score (nSPS) is 14.8. The zero-order chi connectivity index (χ0) is 20.2. The molecule has 0 saturated heterocycles. The van der Waals surface area contributed by atoms with E-state index in [1.807, 2.05) is 24.3 Å². The number of nitrogens with zero attached hydrogens (tertiary/aromatic N) is 2. The molecule has 1 saturated carbocycles. The molecule has 5 nitrogen and oxygen atoms in total. The van der Waals surface area contributed by atoms with E-state index in [1.54, 1.807) is 6.20 Å². The zero-order valence-electron chi connectivity index (χ0n) is 16.6. The van der Waals surface area contributed by atoms with E-state index in [2.05, 4.69) is 37.7 Å². The highest BCUT2D eigenvalue weighted by Gasteiger charge is 2.21. The van der Waals surface area contributed by atoms with Crippen LogP contribution in [0.3, 0.4) is 0 Å². The predicted molar refractivity (Wildman–Crippen MR) is 117 cm³/mol. The number of halogens is 1. The molecule has 0 radical (unpaired) electrons. The highest BCUT2D eigenvalue weighted by Crippen LogP contribution is 2.37. The summed E-state index contributed by atoms with van der Waals surface area (Å²) in [4.78, 5) is 16.2. The van der Waals surface area contributed by atoms with Crippen molar-refractivity contribution in [3.05, 3.63) is 58.5 Å². The fraction of sp³-hybridized carbons (Fsp3) is 0.391. The van der Waals surface area contributed by atoms with Gasteiger partial charge in [-0.1, -0.05) is 25.3 Å². The van der Waals surface area contributed by atoms with Crippen LogP contribution < -0.4 is 4.74 Å². The molecule has 2 aromatic heterocycles. The molecule has 0 bridgehead atoms. The van der Waals surface area contributed by atoms with E-state index in [-0.39, 0.29) is 5.97 Å². The monoisotopic (exact) mass is 456 g/mol. The standard InChI is InChI=1S/C23H25BrN2O3/c1-28-23(27)17-9-10-18-19(16-6-3-2-4-7-16)15-26(20(18)14-17)12-13-29-21-8-5-11-25-22(21)24/h5,8-11,14-16H,2-4,6-7,12-13H2,1H3. The van der Waals surface area contributed by atoms with Gasteiger partial charge in [0.1, 0.15) is 11.2 Å². The van der Waals surface area contributed by atoms with E-state index in [1.165, 1.54) is 50.2 Å². The molecule has 3 aromatic rings. The summed E-state index contributed by atoms with van der Waals surface area (Å²) >= 11 is 3.42. The van der Waals surface area contributed by atoms with Gasteiger partial charge in [0, 0.05) is 23.3 Å². The van der Waals surface area contributed by atoms with Gasteiger partial charge in [-0.25, -0.2) is 9.78 Å². The largest absolute Gasteiger partial charge is 0.489 e. The molecule has 1 aliphatic carbocycles. The van der Waals surface area contributed by atoms with Crippen molar-refractivity contribution in [3.63, 3.8) is 0 Å². The molecule has 0 aliphatic heterocycles. The number of carbonyl (C=O) groups is 1. The SMILES string of the molecule is COC(=O)c1ccc2c(C3CCCCC3)cn(CCOc3cccnc3Br)c2c1. The second-order valence-electron chi connectivity index (χ2n) is 7.48. The first kappa shape index (κ1) is 20.0. The summed E-state index contributed by atoms with van der Waals surface area (Å²) in [5.74, 6) is 1.01. The minimum Gasteiger partial charge on any atom is -0.489 e. The third kappa shape index (κ3) is 4.32. The lowest BCUT2D eigenvalue weighted by atomic mass is 9.84. The number of rotatable bonds is 6. The summed E-state index contributed by atoms with van der Waals surface area (Å²) < 4.78 is 13.7. The molecule has 1 fully saturated rings. The number of pyridine rings is 1. The first-order valence-electron chi connectivity index (χ1n) is 10.1. The molecular weight excluding hydrogens is 432 g/mol. The van der Waals surface area contributed by atoms with Crippen molar-refractivity contribution in [2.24, 2.45) is 0 Å². The molecular formula is C23H25BrN2O3. The van der Waals surface area contributed by atoms with Crippen molar-refractivity contribution in [2.45, 2.75) is 44.6 Å². The Bertz CT molecular complexity index is 1010. The van der Waals surface area contributed by atoms with E-state index in [0.717, 1.165) is 11.3 Å². The van der Waals surface area contributed by atoms with Crippen LogP contribution in [0, 0.1) is 0 Å². The van der Waals surface area contributed by atoms with Gasteiger partial charge in [0.25, 0.3) is 0 Å². The summed E-state index contributed by atoms with van der Waals surface area (Å²) in [6, 6.07) is 9.63. The van der Waals surface area contributed by atoms with Gasteiger partial charge in [-0.15, -0.1) is 0 Å². The van der Waals surface area contributed by atoms with Crippen molar-refractivity contribution in [1.29, 1.82) is 0 Å². The number of aromatic nitrogens is 2. The number of hydrogen-bond acceptors (Lipinski definition) is 4. The van der Waals surface area contributed by atoms with Gasteiger partial charge in [-0.3, -0.25) is 0 Å². The average Bonchev–Trinajstić information content (AvgIpc) is 3.13. The molecule has 1 aliphatic rings. The molecule has 0 N–H and O–H groups in total. The number of carbonyl (C=O) groups excluding carboxylic acids is 1. The fourth-order valence-corrected chi connectivity index (χ4v) is 4.59. The second kappa shape index (κ2) is 8.99. The zero-order valence-corrected chi connectivity index (χ0v) is 18.2. The number of benzene rings is 1. The molecule has 29 heavy (non-hydrogen) atoms. The van der Waals surface area contributed by atoms with Crippen LogP contribution in [0.4, 0.5) is 0 Å². The Morgan fingerprint density at radius 2 is 2.07 bits per heavy atom. The van der Waals surface area contributed by atoms with Crippen molar-refractivity contribution in [1.82, 2.24) is 9.55 Å². The second-order valence-corrected chi connectivity index (χ2v) is 8.23. The molecule has 0 unspecified atom stereocenters. The van der Waals surface area contributed by atoms with Crippen molar-refractivity contribution >= 4 is 32.8 Å². The molecule has 4 rings (SSSR count). The lowest BCUT2D eigenvalue weighted by molar-refractivity contribution is 0.0601. The fourth-order valence-electron chi connectivity index (χ4n) is 4.22. The number of ether oxygens (including phenoxy) is 2. The molecule has 0 amide bonds. The molecule has 152 valence electrons. The lowest BCUT2D eigenvalue weighted by Gasteiger charge is -2.21. The van der Waals surface area contributed by atoms with Crippen LogP contribution >= 0.6 is 15.9 Å². The summed E-state index contributed by atoms with van der Waals surface area (Å²) in [5.41, 5.74) is 3.02. The van der Waals surface area contributed by atoms with Gasteiger partial charge in [0.15, 0.2) is 5.75 Å². The Hall–Kier alpha value is -2.34. The van der Waals surface area contributed by atoms with Gasteiger partial charge in [-0.2, -0.15) is 0 Å². The van der Waals surface area contributed by atoms with Gasteiger partial charge < -0.3 is 14.0 Å². The number of esters is 1. The van der Waals surface area contributed by atoms with Crippen molar-refractivity contribution < 1.29 is 14.3 Å². The van der Waals surface area contributed by atoms with Crippen molar-refractivity contribution in [3.8, 4) is 5.75 Å². The van der Waals surface area contributed by atoms with Gasteiger partial charge in [-0.05, 0) is 64.5 Å². The molecule has 2 heterocycles. The molecule has 1 aromatic carbocycles. The average molecular weight is 457 g/mol. The lowest BCUT2D eigenvalue weighted by Crippen LogP contribution is -2.08. The number of hydrogen-bond donors (Lipinski definition) is 0. The highest BCUT2D eigenvalue weighted by molar-refractivity contribution is 9.10. The Balaban J connectivity index is 1.63. The van der Waals surface area contributed by atoms with E-state index in [9.17, 15) is 4.79 Å². The van der Waals surface area contributed by atoms with Crippen LogP contribution in [-0.4, -0.2) is 29.2 Å². The third-order valence-corrected chi connectivity index (χ3v) is 6.29. The van der Waals surface area contributed by atoms with Crippen LogP contribution in [0.25, 0.3) is 10.9 Å². The van der Waals surface area contributed by atoms with E-state index >= 15 is 0 Å². The van der Waals surface area contributed by atoms with E-state index in [0.29, 0.717) is 29.2 Å².